The van der Waals surface area contributed by atoms with Crippen molar-refractivity contribution in [1.29, 1.82) is 10.5 Å². The fourth-order valence-electron chi connectivity index (χ4n) is 1.55. The van der Waals surface area contributed by atoms with E-state index in [-0.39, 0.29) is 0 Å². The number of nitriles is 2. The minimum Gasteiger partial charge on any atom is -0.453 e. The highest BCUT2D eigenvalue weighted by atomic mass is 127. The molecular formula is C14H7BrIN3O. The summed E-state index contributed by atoms with van der Waals surface area (Å²) in [6, 6.07) is 12.4. The zero-order valence-corrected chi connectivity index (χ0v) is 13.8. The summed E-state index contributed by atoms with van der Waals surface area (Å²) in [5.41, 5.74) is 7.31. The molecule has 98 valence electrons. The Morgan fingerprint density at radius 3 is 2.35 bits per heavy atom. The van der Waals surface area contributed by atoms with Gasteiger partial charge in [-0.05, 0) is 68.9 Å². The number of hydrogen-bond donors (Lipinski definition) is 1. The van der Waals surface area contributed by atoms with Crippen LogP contribution in [0.2, 0.25) is 0 Å². The van der Waals surface area contributed by atoms with Gasteiger partial charge in [-0.25, -0.2) is 0 Å². The van der Waals surface area contributed by atoms with E-state index in [4.69, 9.17) is 21.0 Å². The second-order valence-corrected chi connectivity index (χ2v) is 5.86. The van der Waals surface area contributed by atoms with Gasteiger partial charge in [0.05, 0.1) is 37.0 Å². The smallest absolute Gasteiger partial charge is 0.163 e. The van der Waals surface area contributed by atoms with Gasteiger partial charge < -0.3 is 10.5 Å². The fourth-order valence-corrected chi connectivity index (χ4v) is 2.77. The molecular weight excluding hydrogens is 433 g/mol. The van der Waals surface area contributed by atoms with Crippen molar-refractivity contribution in [2.75, 3.05) is 5.73 Å². The predicted molar refractivity (Wildman–Crippen MR) is 87.2 cm³/mol. The Kier molecular flexibility index (Phi) is 4.48. The Morgan fingerprint density at radius 2 is 1.80 bits per heavy atom. The van der Waals surface area contributed by atoms with Gasteiger partial charge in [0, 0.05) is 0 Å². The summed E-state index contributed by atoms with van der Waals surface area (Å²) in [5.74, 6) is 1.05. The van der Waals surface area contributed by atoms with Crippen molar-refractivity contribution in [2.45, 2.75) is 0 Å². The molecule has 2 aromatic rings. The number of anilines is 1. The van der Waals surface area contributed by atoms with Gasteiger partial charge in [0.2, 0.25) is 0 Å². The van der Waals surface area contributed by atoms with Gasteiger partial charge in [-0.3, -0.25) is 0 Å². The first-order chi connectivity index (χ1) is 9.55. The van der Waals surface area contributed by atoms with E-state index in [1.807, 2.05) is 12.1 Å². The summed E-state index contributed by atoms with van der Waals surface area (Å²) in [7, 11) is 0. The standard InChI is InChI=1S/C14H7BrIN3O/c15-10-3-8(6-17)1-2-13(10)20-14-11(16)4-9(7-18)5-12(14)19/h1-5H,19H2. The molecule has 0 saturated heterocycles. The average Bonchev–Trinajstić information content (AvgIpc) is 2.43. The molecule has 6 heteroatoms. The topological polar surface area (TPSA) is 82.8 Å². The molecule has 0 spiro atoms. The molecule has 0 fully saturated rings. The van der Waals surface area contributed by atoms with E-state index in [1.165, 1.54) is 0 Å². The third-order valence-electron chi connectivity index (χ3n) is 2.47. The molecule has 0 aromatic heterocycles. The molecule has 2 rings (SSSR count). The lowest BCUT2D eigenvalue weighted by molar-refractivity contribution is 0.478. The normalized spacial score (nSPS) is 9.60. The monoisotopic (exact) mass is 439 g/mol. The van der Waals surface area contributed by atoms with E-state index in [9.17, 15) is 0 Å². The number of nitrogen functional groups attached to an aromatic ring is 1. The number of rotatable bonds is 2. The van der Waals surface area contributed by atoms with Gasteiger partial charge in [0.15, 0.2) is 5.75 Å². The molecule has 0 bridgehead atoms. The van der Waals surface area contributed by atoms with Crippen LogP contribution in [0.3, 0.4) is 0 Å². The van der Waals surface area contributed by atoms with Crippen molar-refractivity contribution in [3.8, 4) is 23.6 Å². The Balaban J connectivity index is 2.41. The summed E-state index contributed by atoms with van der Waals surface area (Å²) in [5, 5.41) is 17.7. The maximum absolute atomic E-state index is 8.88. The molecule has 0 unspecified atom stereocenters. The summed E-state index contributed by atoms with van der Waals surface area (Å²) in [6.45, 7) is 0. The van der Waals surface area contributed by atoms with Gasteiger partial charge in [-0.1, -0.05) is 0 Å². The van der Waals surface area contributed by atoms with E-state index >= 15 is 0 Å². The lowest BCUT2D eigenvalue weighted by atomic mass is 10.2. The second-order valence-electron chi connectivity index (χ2n) is 3.85. The van der Waals surface area contributed by atoms with Crippen LogP contribution in [0, 0.1) is 26.2 Å². The summed E-state index contributed by atoms with van der Waals surface area (Å²) in [4.78, 5) is 0. The van der Waals surface area contributed by atoms with Crippen molar-refractivity contribution in [2.24, 2.45) is 0 Å². The maximum Gasteiger partial charge on any atom is 0.163 e. The highest BCUT2D eigenvalue weighted by molar-refractivity contribution is 14.1. The number of benzene rings is 2. The zero-order valence-electron chi connectivity index (χ0n) is 10.0. The molecule has 20 heavy (non-hydrogen) atoms. The molecule has 2 aromatic carbocycles. The maximum atomic E-state index is 8.88. The van der Waals surface area contributed by atoms with Crippen molar-refractivity contribution in [1.82, 2.24) is 0 Å². The quantitative estimate of drug-likeness (QED) is 0.562. The number of hydrogen-bond acceptors (Lipinski definition) is 4. The van der Waals surface area contributed by atoms with E-state index in [1.54, 1.807) is 30.3 Å². The molecule has 2 N–H and O–H groups in total. The van der Waals surface area contributed by atoms with Crippen molar-refractivity contribution >= 4 is 44.2 Å². The van der Waals surface area contributed by atoms with E-state index in [2.05, 4.69) is 38.5 Å². The third-order valence-corrected chi connectivity index (χ3v) is 3.90. The van der Waals surface area contributed by atoms with E-state index < -0.39 is 0 Å². The Hall–Kier alpha value is -1.77. The van der Waals surface area contributed by atoms with Crippen LogP contribution in [0.4, 0.5) is 5.69 Å². The Morgan fingerprint density at radius 1 is 1.10 bits per heavy atom. The van der Waals surface area contributed by atoms with Crippen LogP contribution in [0.25, 0.3) is 0 Å². The van der Waals surface area contributed by atoms with Crippen LogP contribution < -0.4 is 10.5 Å². The molecule has 0 aliphatic heterocycles. The average molecular weight is 440 g/mol. The first-order valence-electron chi connectivity index (χ1n) is 5.41. The van der Waals surface area contributed by atoms with Crippen LogP contribution in [0.1, 0.15) is 11.1 Å². The molecule has 0 atom stereocenters. The number of ether oxygens (including phenoxy) is 1. The number of halogens is 2. The predicted octanol–water partition coefficient (Wildman–Crippen LogP) is 4.17. The van der Waals surface area contributed by atoms with Crippen LogP contribution in [0.15, 0.2) is 34.8 Å². The molecule has 0 radical (unpaired) electrons. The van der Waals surface area contributed by atoms with Crippen LogP contribution in [-0.2, 0) is 0 Å². The van der Waals surface area contributed by atoms with Crippen molar-refractivity contribution in [3.05, 3.63) is 49.5 Å². The molecule has 0 aliphatic rings. The van der Waals surface area contributed by atoms with Gasteiger partial charge in [0.25, 0.3) is 0 Å². The number of nitrogens with zero attached hydrogens (tertiary/aromatic N) is 2. The van der Waals surface area contributed by atoms with Crippen molar-refractivity contribution in [3.63, 3.8) is 0 Å². The second kappa shape index (κ2) is 6.12. The van der Waals surface area contributed by atoms with Crippen molar-refractivity contribution < 1.29 is 4.74 Å². The summed E-state index contributed by atoms with van der Waals surface area (Å²) >= 11 is 5.41. The highest BCUT2D eigenvalue weighted by Gasteiger charge is 2.12. The summed E-state index contributed by atoms with van der Waals surface area (Å²) in [6.07, 6.45) is 0. The number of nitrogens with two attached hydrogens (primary N) is 1. The molecule has 0 aliphatic carbocycles. The third kappa shape index (κ3) is 3.03. The highest BCUT2D eigenvalue weighted by Crippen LogP contribution is 2.36. The zero-order chi connectivity index (χ0) is 14.7. The summed E-state index contributed by atoms with van der Waals surface area (Å²) < 4.78 is 7.18. The van der Waals surface area contributed by atoms with Crippen LogP contribution in [-0.4, -0.2) is 0 Å². The van der Waals surface area contributed by atoms with Crippen LogP contribution >= 0.6 is 38.5 Å². The largest absolute Gasteiger partial charge is 0.453 e. The first-order valence-corrected chi connectivity index (χ1v) is 7.29. The first kappa shape index (κ1) is 14.6. The van der Waals surface area contributed by atoms with Gasteiger partial charge >= 0.3 is 0 Å². The Labute approximate surface area is 138 Å². The SMILES string of the molecule is N#Cc1ccc(Oc2c(N)cc(C#N)cc2I)c(Br)c1. The fraction of sp³-hybridized carbons (Fsp3) is 0. The molecule has 0 saturated carbocycles. The Bertz CT molecular complexity index is 739. The minimum absolute atomic E-state index is 0.393. The molecule has 0 heterocycles. The minimum atomic E-state index is 0.393. The molecule has 4 nitrogen and oxygen atoms in total. The van der Waals surface area contributed by atoms with Gasteiger partial charge in [-0.2, -0.15) is 10.5 Å². The van der Waals surface area contributed by atoms with E-state index in [0.29, 0.717) is 32.8 Å². The van der Waals surface area contributed by atoms with Gasteiger partial charge in [0.1, 0.15) is 5.75 Å². The lowest BCUT2D eigenvalue weighted by Gasteiger charge is -2.12. The van der Waals surface area contributed by atoms with Gasteiger partial charge in [-0.15, -0.1) is 0 Å². The van der Waals surface area contributed by atoms with E-state index in [0.717, 1.165) is 3.57 Å². The lowest BCUT2D eigenvalue weighted by Crippen LogP contribution is -1.96. The molecule has 0 amide bonds. The van der Waals surface area contributed by atoms with Crippen LogP contribution in [0.5, 0.6) is 11.5 Å².